The van der Waals surface area contributed by atoms with Gasteiger partial charge in [0.2, 0.25) is 0 Å². The Morgan fingerprint density at radius 3 is 2.65 bits per heavy atom. The van der Waals surface area contributed by atoms with Gasteiger partial charge in [0.25, 0.3) is 0 Å². The monoisotopic (exact) mass is 285 g/mol. The Hall–Kier alpha value is -0.120. The average Bonchev–Trinajstić information content (AvgIpc) is 2.49. The molecule has 120 valence electrons. The lowest BCUT2D eigenvalue weighted by molar-refractivity contribution is 0.0789. The van der Waals surface area contributed by atoms with Gasteiger partial charge in [0.05, 0.1) is 0 Å². The lowest BCUT2D eigenvalue weighted by atomic mass is 9.75. The van der Waals surface area contributed by atoms with Gasteiger partial charge in [-0.3, -0.25) is 0 Å². The van der Waals surface area contributed by atoms with Gasteiger partial charge in [0, 0.05) is 33.0 Å². The lowest BCUT2D eigenvalue weighted by Gasteiger charge is -2.36. The normalized spacial score (nSPS) is 26.9. The summed E-state index contributed by atoms with van der Waals surface area (Å²) >= 11 is 0. The summed E-state index contributed by atoms with van der Waals surface area (Å²) in [6.07, 6.45) is 8.94. The molecule has 1 saturated carbocycles. The first-order chi connectivity index (χ1) is 9.81. The summed E-state index contributed by atoms with van der Waals surface area (Å²) in [6.45, 7) is 8.30. The number of ether oxygens (including phenoxy) is 2. The minimum Gasteiger partial charge on any atom is -0.385 e. The third-order valence-electron chi connectivity index (χ3n) is 4.60. The topological polar surface area (TPSA) is 30.5 Å². The molecule has 0 aromatic heterocycles. The molecule has 0 heterocycles. The summed E-state index contributed by atoms with van der Waals surface area (Å²) in [4.78, 5) is 0. The van der Waals surface area contributed by atoms with Crippen LogP contribution in [0.15, 0.2) is 0 Å². The van der Waals surface area contributed by atoms with Crippen molar-refractivity contribution < 1.29 is 9.47 Å². The van der Waals surface area contributed by atoms with Crippen LogP contribution in [0.5, 0.6) is 0 Å². The van der Waals surface area contributed by atoms with E-state index < -0.39 is 0 Å². The fourth-order valence-electron chi connectivity index (χ4n) is 3.29. The third-order valence-corrected chi connectivity index (χ3v) is 4.60. The fourth-order valence-corrected chi connectivity index (χ4v) is 3.29. The Morgan fingerprint density at radius 1 is 1.10 bits per heavy atom. The third kappa shape index (κ3) is 7.05. The number of hydrogen-bond acceptors (Lipinski definition) is 3. The molecule has 3 atom stereocenters. The summed E-state index contributed by atoms with van der Waals surface area (Å²) in [5.41, 5.74) is 0. The van der Waals surface area contributed by atoms with Crippen molar-refractivity contribution >= 4 is 0 Å². The molecule has 1 fully saturated rings. The molecule has 0 radical (unpaired) electrons. The van der Waals surface area contributed by atoms with Crippen molar-refractivity contribution in [3.63, 3.8) is 0 Å². The molecular formula is C17H35NO2. The highest BCUT2D eigenvalue weighted by Gasteiger charge is 2.28. The van der Waals surface area contributed by atoms with Gasteiger partial charge in [-0.15, -0.1) is 0 Å². The van der Waals surface area contributed by atoms with Gasteiger partial charge >= 0.3 is 0 Å². The molecule has 3 unspecified atom stereocenters. The van der Waals surface area contributed by atoms with Gasteiger partial charge in [-0.1, -0.05) is 20.3 Å². The van der Waals surface area contributed by atoms with Crippen molar-refractivity contribution in [3.8, 4) is 0 Å². The molecule has 3 heteroatoms. The van der Waals surface area contributed by atoms with Crippen molar-refractivity contribution in [2.24, 2.45) is 11.8 Å². The van der Waals surface area contributed by atoms with E-state index in [1.54, 1.807) is 7.11 Å². The first-order valence-electron chi connectivity index (χ1n) is 8.61. The maximum atomic E-state index is 5.75. The highest BCUT2D eigenvalue weighted by Crippen LogP contribution is 2.33. The minimum absolute atomic E-state index is 0.723. The summed E-state index contributed by atoms with van der Waals surface area (Å²) in [6, 6.07) is 0.723. The van der Waals surface area contributed by atoms with E-state index >= 15 is 0 Å². The summed E-state index contributed by atoms with van der Waals surface area (Å²) in [5, 5.41) is 3.75. The minimum atomic E-state index is 0.723. The number of hydrogen-bond donors (Lipinski definition) is 1. The van der Waals surface area contributed by atoms with E-state index in [2.05, 4.69) is 19.2 Å². The standard InChI is InChI=1S/C17H35NO2/c1-4-10-18-17-8-7-15(5-2)14-16(17)9-13-20-12-6-11-19-3/h15-18H,4-14H2,1-3H3. The second-order valence-electron chi connectivity index (χ2n) is 6.16. The van der Waals surface area contributed by atoms with Crippen LogP contribution in [0, 0.1) is 11.8 Å². The van der Waals surface area contributed by atoms with Gasteiger partial charge in [0.1, 0.15) is 0 Å². The van der Waals surface area contributed by atoms with Crippen LogP contribution in [0.2, 0.25) is 0 Å². The largest absolute Gasteiger partial charge is 0.385 e. The van der Waals surface area contributed by atoms with Crippen molar-refractivity contribution in [2.75, 3.05) is 33.5 Å². The van der Waals surface area contributed by atoms with E-state index in [1.807, 2.05) is 0 Å². The van der Waals surface area contributed by atoms with Crippen LogP contribution in [0.3, 0.4) is 0 Å². The van der Waals surface area contributed by atoms with Crippen LogP contribution in [0.4, 0.5) is 0 Å². The van der Waals surface area contributed by atoms with Crippen LogP contribution < -0.4 is 5.32 Å². The Kier molecular flexibility index (Phi) is 10.3. The van der Waals surface area contributed by atoms with Gasteiger partial charge in [-0.25, -0.2) is 0 Å². The number of nitrogens with one attached hydrogen (secondary N) is 1. The van der Waals surface area contributed by atoms with Crippen LogP contribution in [0.25, 0.3) is 0 Å². The van der Waals surface area contributed by atoms with E-state index in [0.717, 1.165) is 50.7 Å². The summed E-state index contributed by atoms with van der Waals surface area (Å²) in [7, 11) is 1.75. The molecular weight excluding hydrogens is 250 g/mol. The molecule has 1 rings (SSSR count). The van der Waals surface area contributed by atoms with E-state index in [4.69, 9.17) is 9.47 Å². The number of rotatable bonds is 11. The molecule has 1 aliphatic carbocycles. The lowest BCUT2D eigenvalue weighted by Crippen LogP contribution is -2.41. The van der Waals surface area contributed by atoms with Gasteiger partial charge in [0.15, 0.2) is 0 Å². The first kappa shape index (κ1) is 17.9. The summed E-state index contributed by atoms with van der Waals surface area (Å²) in [5.74, 6) is 1.75. The molecule has 1 aliphatic rings. The second-order valence-corrected chi connectivity index (χ2v) is 6.16. The summed E-state index contributed by atoms with van der Waals surface area (Å²) < 4.78 is 10.8. The Balaban J connectivity index is 2.24. The predicted octanol–water partition coefficient (Wildman–Crippen LogP) is 3.62. The van der Waals surface area contributed by atoms with Gasteiger partial charge in [-0.2, -0.15) is 0 Å². The molecule has 0 aromatic rings. The zero-order valence-corrected chi connectivity index (χ0v) is 13.8. The maximum absolute atomic E-state index is 5.75. The average molecular weight is 285 g/mol. The van der Waals surface area contributed by atoms with Crippen molar-refractivity contribution in [1.29, 1.82) is 0 Å². The van der Waals surface area contributed by atoms with Gasteiger partial charge in [-0.05, 0) is 56.9 Å². The highest BCUT2D eigenvalue weighted by atomic mass is 16.5. The van der Waals surface area contributed by atoms with Crippen LogP contribution >= 0.6 is 0 Å². The van der Waals surface area contributed by atoms with Gasteiger partial charge < -0.3 is 14.8 Å². The quantitative estimate of drug-likeness (QED) is 0.588. The van der Waals surface area contributed by atoms with Crippen LogP contribution in [-0.2, 0) is 9.47 Å². The Morgan fingerprint density at radius 2 is 1.95 bits per heavy atom. The molecule has 0 bridgehead atoms. The van der Waals surface area contributed by atoms with Crippen molar-refractivity contribution in [1.82, 2.24) is 5.32 Å². The second kappa shape index (κ2) is 11.5. The van der Waals surface area contributed by atoms with E-state index in [-0.39, 0.29) is 0 Å². The molecule has 0 spiro atoms. The zero-order valence-electron chi connectivity index (χ0n) is 13.8. The molecule has 0 amide bonds. The molecule has 0 saturated heterocycles. The number of methoxy groups -OCH3 is 1. The Labute approximate surface area is 125 Å². The van der Waals surface area contributed by atoms with Crippen molar-refractivity contribution in [2.45, 2.75) is 64.8 Å². The fraction of sp³-hybridized carbons (Fsp3) is 1.00. The first-order valence-corrected chi connectivity index (χ1v) is 8.61. The zero-order chi connectivity index (χ0) is 14.6. The highest BCUT2D eigenvalue weighted by molar-refractivity contribution is 4.84. The predicted molar refractivity (Wildman–Crippen MR) is 85.1 cm³/mol. The molecule has 3 nitrogen and oxygen atoms in total. The maximum Gasteiger partial charge on any atom is 0.0487 e. The molecule has 20 heavy (non-hydrogen) atoms. The van der Waals surface area contributed by atoms with E-state index in [9.17, 15) is 0 Å². The molecule has 0 aromatic carbocycles. The Bertz CT molecular complexity index is 223. The SMILES string of the molecule is CCCNC1CCC(CC)CC1CCOCCCOC. The smallest absolute Gasteiger partial charge is 0.0487 e. The van der Waals surface area contributed by atoms with E-state index in [0.29, 0.717) is 0 Å². The van der Waals surface area contributed by atoms with E-state index in [1.165, 1.54) is 38.5 Å². The van der Waals surface area contributed by atoms with Crippen LogP contribution in [0.1, 0.15) is 58.8 Å². The van der Waals surface area contributed by atoms with Crippen molar-refractivity contribution in [3.05, 3.63) is 0 Å². The molecule has 0 aliphatic heterocycles. The van der Waals surface area contributed by atoms with Crippen LogP contribution in [-0.4, -0.2) is 39.5 Å². The molecule has 1 N–H and O–H groups in total.